The van der Waals surface area contributed by atoms with E-state index in [0.717, 1.165) is 16.5 Å². The number of carbonyl (C=O) groups is 3. The molecule has 1 aromatic heterocycles. The van der Waals surface area contributed by atoms with Crippen molar-refractivity contribution < 1.29 is 70.3 Å². The van der Waals surface area contributed by atoms with Gasteiger partial charge in [0.2, 0.25) is 0 Å². The summed E-state index contributed by atoms with van der Waals surface area (Å²) in [4.78, 5) is 96.2. The Labute approximate surface area is 368 Å². The molecule has 1 rings (SSSR count). The van der Waals surface area contributed by atoms with Gasteiger partial charge >= 0.3 is 50.2 Å². The molecule has 24 nitrogen and oxygen atoms in total. The van der Waals surface area contributed by atoms with Gasteiger partial charge in [0.05, 0.1) is 46.1 Å². The zero-order valence-electron chi connectivity index (χ0n) is 39.2. The summed E-state index contributed by atoms with van der Waals surface area (Å²) in [5.74, 6) is -4.45. The third kappa shape index (κ3) is 17.3. The number of hydrogen-bond acceptors (Lipinski definition) is 21. The average Bonchev–Trinajstić information content (AvgIpc) is 3.23. The lowest BCUT2D eigenvalue weighted by atomic mass is 10.3. The quantitative estimate of drug-likeness (QED) is 0.0435. The van der Waals surface area contributed by atoms with Crippen LogP contribution in [0.5, 0.6) is 0 Å². The minimum absolute atomic E-state index is 0.00309. The predicted octanol–water partition coefficient (Wildman–Crippen LogP) is 2.58. The third-order valence-corrected chi connectivity index (χ3v) is 14.4. The molecule has 0 saturated heterocycles. The highest BCUT2D eigenvalue weighted by molar-refractivity contribution is 7.54. The molecule has 63 heavy (non-hydrogen) atoms. The molecule has 0 aliphatic carbocycles. The van der Waals surface area contributed by atoms with E-state index < -0.39 is 120 Å². The summed E-state index contributed by atoms with van der Waals surface area (Å²) in [5.41, 5.74) is -3.34. The highest BCUT2D eigenvalue weighted by Crippen LogP contribution is 2.54. The van der Waals surface area contributed by atoms with E-state index in [-0.39, 0.29) is 32.5 Å². The second kappa shape index (κ2) is 28.0. The van der Waals surface area contributed by atoms with E-state index in [1.54, 1.807) is 34.7 Å². The molecule has 0 spiro atoms. The van der Waals surface area contributed by atoms with Crippen molar-refractivity contribution in [2.45, 2.75) is 138 Å². The molecule has 0 N–H and O–H groups in total. The van der Waals surface area contributed by atoms with Gasteiger partial charge in [-0.15, -0.1) is 0 Å². The monoisotopic (exact) mass is 948 g/mol. The Hall–Kier alpha value is -3.12. The Balaban J connectivity index is 3.28. The molecule has 0 aliphatic heterocycles. The molecule has 0 fully saturated rings. The molecule has 26 heteroatoms. The largest absolute Gasteiger partial charge is 0.462 e. The van der Waals surface area contributed by atoms with Crippen molar-refractivity contribution in [2.75, 3.05) is 67.4 Å². The molecule has 6 atom stereocenters. The van der Waals surface area contributed by atoms with Gasteiger partial charge in [-0.05, 0) is 75.7 Å². The van der Waals surface area contributed by atoms with Gasteiger partial charge in [-0.1, -0.05) is 6.92 Å². The van der Waals surface area contributed by atoms with E-state index in [1.807, 2.05) is 13.8 Å². The normalized spacial score (nSPS) is 15.3. The topological polar surface area (TPSA) is 253 Å². The fourth-order valence-electron chi connectivity index (χ4n) is 5.36. The number of nitrogens with zero attached hydrogens (tertiary/aromatic N) is 6. The maximum atomic E-state index is 13.6. The zero-order valence-corrected chi connectivity index (χ0v) is 41.0. The number of ether oxygens (including phenoxy) is 3. The summed E-state index contributed by atoms with van der Waals surface area (Å²) in [7, 11) is -2.79. The second-order valence-corrected chi connectivity index (χ2v) is 18.6. The fourth-order valence-corrected chi connectivity index (χ4v) is 8.72. The summed E-state index contributed by atoms with van der Waals surface area (Å²) in [6.07, 6.45) is -2.80. The van der Waals surface area contributed by atoms with Gasteiger partial charge in [0.25, 0.3) is 0 Å². The molecule has 0 bridgehead atoms. The number of carbonyl (C=O) groups excluding carboxylic acids is 3. The first kappa shape index (κ1) is 57.9. The van der Waals surface area contributed by atoms with Gasteiger partial charge in [0, 0.05) is 27.2 Å². The van der Waals surface area contributed by atoms with Crippen LogP contribution in [0.15, 0.2) is 14.4 Å². The van der Waals surface area contributed by atoms with Gasteiger partial charge < -0.3 is 32.3 Å². The van der Waals surface area contributed by atoms with Crippen molar-refractivity contribution in [3.63, 3.8) is 0 Å². The van der Waals surface area contributed by atoms with Gasteiger partial charge in [-0.25, -0.2) is 42.5 Å². The van der Waals surface area contributed by atoms with Crippen LogP contribution in [0.2, 0.25) is 0 Å². The van der Waals surface area contributed by atoms with E-state index in [0.29, 0.717) is 13.7 Å². The van der Waals surface area contributed by atoms with Crippen LogP contribution in [0.4, 0.5) is 0 Å². The summed E-state index contributed by atoms with van der Waals surface area (Å²) < 4.78 is 65.5. The SMILES string of the molecule is CCOP(=O)(OCC)C(C)N(C)OC(C)C(=O)OCCn1c(=O)n(CCOC(=O)C(C)ON(C)C(C)CC)c(=O)n(CCOC(=O)C(C)ON(C)C(C)P(=O)(OCC)OCC)c1=O. The van der Waals surface area contributed by atoms with Gasteiger partial charge in [0.1, 0.15) is 31.4 Å². The van der Waals surface area contributed by atoms with Gasteiger partial charge in [0.15, 0.2) is 18.3 Å². The maximum Gasteiger partial charge on any atom is 0.349 e. The number of rotatable bonds is 32. The van der Waals surface area contributed by atoms with Crippen LogP contribution < -0.4 is 17.1 Å². The van der Waals surface area contributed by atoms with Crippen molar-refractivity contribution in [3.05, 3.63) is 31.5 Å². The van der Waals surface area contributed by atoms with E-state index in [1.165, 1.54) is 53.8 Å². The van der Waals surface area contributed by atoms with E-state index in [9.17, 15) is 37.9 Å². The van der Waals surface area contributed by atoms with Crippen LogP contribution in [0, 0.1) is 0 Å². The first-order chi connectivity index (χ1) is 29.5. The average molecular weight is 949 g/mol. The van der Waals surface area contributed by atoms with E-state index >= 15 is 0 Å². The first-order valence-corrected chi connectivity index (χ1v) is 24.1. The molecule has 0 aliphatic rings. The van der Waals surface area contributed by atoms with Crippen LogP contribution in [0.3, 0.4) is 0 Å². The molecule has 6 unspecified atom stereocenters. The third-order valence-electron chi connectivity index (χ3n) is 9.45. The van der Waals surface area contributed by atoms with Crippen LogP contribution in [-0.2, 0) is 90.0 Å². The molecule has 0 aromatic carbocycles. The van der Waals surface area contributed by atoms with Crippen molar-refractivity contribution >= 4 is 33.1 Å². The fraction of sp³-hybridized carbons (Fsp3) is 0.838. The molecule has 1 heterocycles. The molecule has 0 amide bonds. The zero-order chi connectivity index (χ0) is 48.2. The summed E-state index contributed by atoms with van der Waals surface area (Å²) in [6.45, 7) is 15.0. The molecular formula is C37H70N6O18P2. The summed E-state index contributed by atoms with van der Waals surface area (Å²) >= 11 is 0. The number of hydroxylamine groups is 6. The van der Waals surface area contributed by atoms with Crippen LogP contribution in [0.1, 0.15) is 82.6 Å². The molecular weight excluding hydrogens is 878 g/mol. The van der Waals surface area contributed by atoms with Gasteiger partial charge in [-0.2, -0.15) is 15.2 Å². The second-order valence-electron chi connectivity index (χ2n) is 14.0. The minimum Gasteiger partial charge on any atom is -0.462 e. The number of esters is 3. The Morgan fingerprint density at radius 2 is 0.746 bits per heavy atom. The molecule has 366 valence electrons. The Morgan fingerprint density at radius 1 is 0.492 bits per heavy atom. The first-order valence-electron chi connectivity index (χ1n) is 20.9. The Bertz CT molecular complexity index is 1750. The van der Waals surface area contributed by atoms with E-state index in [4.69, 9.17) is 46.8 Å². The van der Waals surface area contributed by atoms with Crippen molar-refractivity contribution in [3.8, 4) is 0 Å². The van der Waals surface area contributed by atoms with Gasteiger partial charge in [-0.3, -0.25) is 23.6 Å². The van der Waals surface area contributed by atoms with Crippen molar-refractivity contribution in [1.29, 1.82) is 0 Å². The standard InChI is InChI=1S/C37H70N6O18P2/c1-15-26(6)38(12)59-27(7)32(44)52-23-20-41-35(47)42(21-24-53-33(45)28(8)60-39(13)30(10)62(50,55-16-2)56-17-3)37(49)43(36(41)48)22-25-54-34(46)29(9)61-40(14)31(11)63(51,57-18-4)58-19-5/h26-31H,15-25H2,1-14H3. The Kier molecular flexibility index (Phi) is 25.8. The van der Waals surface area contributed by atoms with Crippen molar-refractivity contribution in [2.24, 2.45) is 0 Å². The van der Waals surface area contributed by atoms with Crippen LogP contribution in [0.25, 0.3) is 0 Å². The summed E-state index contributed by atoms with van der Waals surface area (Å²) in [5, 5.41) is 3.79. The van der Waals surface area contributed by atoms with E-state index in [2.05, 4.69) is 0 Å². The molecule has 0 saturated carbocycles. The highest BCUT2D eigenvalue weighted by atomic mass is 31.2. The lowest BCUT2D eigenvalue weighted by molar-refractivity contribution is -0.212. The van der Waals surface area contributed by atoms with Crippen LogP contribution in [-0.4, -0.2) is 150 Å². The molecule has 1 aromatic rings. The smallest absolute Gasteiger partial charge is 0.349 e. The predicted molar refractivity (Wildman–Crippen MR) is 227 cm³/mol. The lowest BCUT2D eigenvalue weighted by Gasteiger charge is -2.31. The maximum absolute atomic E-state index is 13.6. The summed E-state index contributed by atoms with van der Waals surface area (Å²) in [6, 6.07) is -0.00309. The number of hydrogen-bond donors (Lipinski definition) is 0. The van der Waals surface area contributed by atoms with Crippen LogP contribution >= 0.6 is 15.2 Å². The minimum atomic E-state index is -3.65. The lowest BCUT2D eigenvalue weighted by Crippen LogP contribution is -2.55. The number of aromatic nitrogens is 3. The Morgan fingerprint density at radius 3 is 0.984 bits per heavy atom. The molecule has 0 radical (unpaired) electrons. The van der Waals surface area contributed by atoms with Crippen molar-refractivity contribution in [1.82, 2.24) is 28.9 Å². The highest BCUT2D eigenvalue weighted by Gasteiger charge is 2.38.